The summed E-state index contributed by atoms with van der Waals surface area (Å²) in [5.74, 6) is 0.0759. The number of halogens is 1. The van der Waals surface area contributed by atoms with Gasteiger partial charge in [0.1, 0.15) is 5.82 Å². The molecule has 2 atom stereocenters. The zero-order valence-corrected chi connectivity index (χ0v) is 16.7. The number of likely N-dealkylation sites (N-methyl/N-ethyl adjacent to an activating group) is 1. The van der Waals surface area contributed by atoms with E-state index in [1.807, 2.05) is 17.0 Å². The quantitative estimate of drug-likeness (QED) is 0.664. The number of amides is 1. The summed E-state index contributed by atoms with van der Waals surface area (Å²) in [6.45, 7) is 8.20. The summed E-state index contributed by atoms with van der Waals surface area (Å²) in [5.41, 5.74) is 1.13. The van der Waals surface area contributed by atoms with Gasteiger partial charge in [-0.2, -0.15) is 0 Å². The lowest BCUT2D eigenvalue weighted by Gasteiger charge is -2.45. The fraction of sp³-hybridized carbons (Fsp3) is 0.667. The highest BCUT2D eigenvalue weighted by atomic mass is 19.1. The van der Waals surface area contributed by atoms with E-state index < -0.39 is 0 Å². The summed E-state index contributed by atoms with van der Waals surface area (Å²) < 4.78 is 12.9. The molecule has 0 bridgehead atoms. The summed E-state index contributed by atoms with van der Waals surface area (Å²) in [7, 11) is 4.20. The van der Waals surface area contributed by atoms with E-state index in [0.717, 1.165) is 51.0 Å². The first-order valence-electron chi connectivity index (χ1n) is 9.79. The third-order valence-corrected chi connectivity index (χ3v) is 5.28. The molecule has 1 amide bonds. The predicted octanol–water partition coefficient (Wildman–Crippen LogP) is 3.02. The van der Waals surface area contributed by atoms with Crippen molar-refractivity contribution in [2.24, 2.45) is 0 Å². The van der Waals surface area contributed by atoms with Crippen LogP contribution in [0.5, 0.6) is 0 Å². The summed E-state index contributed by atoms with van der Waals surface area (Å²) >= 11 is 0. The van der Waals surface area contributed by atoms with E-state index in [-0.39, 0.29) is 11.7 Å². The average Bonchev–Trinajstić information content (AvgIpc) is 2.59. The van der Waals surface area contributed by atoms with Crippen LogP contribution in [0.2, 0.25) is 0 Å². The van der Waals surface area contributed by atoms with Crippen molar-refractivity contribution >= 4 is 5.91 Å². The van der Waals surface area contributed by atoms with Gasteiger partial charge in [-0.05, 0) is 64.9 Å². The Hall–Kier alpha value is -1.46. The average molecular weight is 364 g/mol. The standard InChI is InChI=1S/C21H34FN3O/c1-17-15-24(16-18(2)25(17)14-13-23(3)4)21(26)8-6-5-7-19-9-11-20(22)12-10-19/h9-12,17-18H,5-8,13-16H2,1-4H3. The molecule has 1 heterocycles. The molecule has 146 valence electrons. The number of rotatable bonds is 8. The maximum absolute atomic E-state index is 12.9. The van der Waals surface area contributed by atoms with Gasteiger partial charge in [-0.1, -0.05) is 12.1 Å². The molecule has 0 aromatic heterocycles. The van der Waals surface area contributed by atoms with Crippen molar-refractivity contribution in [1.82, 2.24) is 14.7 Å². The van der Waals surface area contributed by atoms with E-state index in [4.69, 9.17) is 0 Å². The number of unbranched alkanes of at least 4 members (excludes halogenated alkanes) is 1. The largest absolute Gasteiger partial charge is 0.340 e. The van der Waals surface area contributed by atoms with E-state index in [1.165, 1.54) is 12.1 Å². The summed E-state index contributed by atoms with van der Waals surface area (Å²) in [6.07, 6.45) is 3.36. The van der Waals surface area contributed by atoms with E-state index >= 15 is 0 Å². The molecule has 1 saturated heterocycles. The number of hydrogen-bond donors (Lipinski definition) is 0. The van der Waals surface area contributed by atoms with Crippen molar-refractivity contribution in [1.29, 1.82) is 0 Å². The number of benzene rings is 1. The smallest absolute Gasteiger partial charge is 0.222 e. The van der Waals surface area contributed by atoms with Crippen LogP contribution in [0.15, 0.2) is 24.3 Å². The van der Waals surface area contributed by atoms with Crippen LogP contribution in [0.3, 0.4) is 0 Å². The zero-order valence-electron chi connectivity index (χ0n) is 16.7. The Morgan fingerprint density at radius 3 is 2.31 bits per heavy atom. The third kappa shape index (κ3) is 6.36. The molecule has 1 aliphatic heterocycles. The minimum Gasteiger partial charge on any atom is -0.340 e. The van der Waals surface area contributed by atoms with Crippen LogP contribution in [0.1, 0.15) is 38.7 Å². The highest BCUT2D eigenvalue weighted by Crippen LogP contribution is 2.17. The van der Waals surface area contributed by atoms with Gasteiger partial charge in [0.2, 0.25) is 5.91 Å². The Bertz CT molecular complexity index is 549. The first kappa shape index (κ1) is 20.8. The van der Waals surface area contributed by atoms with Gasteiger partial charge in [0.05, 0.1) is 0 Å². The molecule has 26 heavy (non-hydrogen) atoms. The van der Waals surface area contributed by atoms with Gasteiger partial charge in [0.15, 0.2) is 0 Å². The van der Waals surface area contributed by atoms with Crippen LogP contribution < -0.4 is 0 Å². The highest BCUT2D eigenvalue weighted by Gasteiger charge is 2.31. The Morgan fingerprint density at radius 2 is 1.73 bits per heavy atom. The second-order valence-electron chi connectivity index (χ2n) is 7.87. The summed E-state index contributed by atoms with van der Waals surface area (Å²) in [6, 6.07) is 7.46. The van der Waals surface area contributed by atoms with Gasteiger partial charge in [-0.15, -0.1) is 0 Å². The van der Waals surface area contributed by atoms with E-state index in [0.29, 0.717) is 18.5 Å². The fourth-order valence-corrected chi connectivity index (χ4v) is 3.73. The van der Waals surface area contributed by atoms with Crippen molar-refractivity contribution in [2.75, 3.05) is 40.3 Å². The normalized spacial score (nSPS) is 21.4. The molecule has 0 aliphatic carbocycles. The van der Waals surface area contributed by atoms with Crippen molar-refractivity contribution in [3.05, 3.63) is 35.6 Å². The molecule has 1 aliphatic rings. The fourth-order valence-electron chi connectivity index (χ4n) is 3.73. The van der Waals surface area contributed by atoms with Crippen molar-refractivity contribution in [3.63, 3.8) is 0 Å². The van der Waals surface area contributed by atoms with Gasteiger partial charge in [-0.3, -0.25) is 9.69 Å². The van der Waals surface area contributed by atoms with Crippen molar-refractivity contribution in [3.8, 4) is 0 Å². The first-order chi connectivity index (χ1) is 12.4. The van der Waals surface area contributed by atoms with Crippen LogP contribution in [0.4, 0.5) is 4.39 Å². The molecule has 1 aromatic rings. The molecule has 2 rings (SSSR count). The van der Waals surface area contributed by atoms with Crippen LogP contribution in [-0.2, 0) is 11.2 Å². The summed E-state index contributed by atoms with van der Waals surface area (Å²) in [4.78, 5) is 19.3. The number of hydrogen-bond acceptors (Lipinski definition) is 3. The van der Waals surface area contributed by atoms with E-state index in [2.05, 4.69) is 37.7 Å². The third-order valence-electron chi connectivity index (χ3n) is 5.28. The topological polar surface area (TPSA) is 26.8 Å². The molecule has 0 N–H and O–H groups in total. The second kappa shape index (κ2) is 10.0. The Labute approximate surface area is 158 Å². The van der Waals surface area contributed by atoms with Gasteiger partial charge in [-0.25, -0.2) is 4.39 Å². The lowest BCUT2D eigenvalue weighted by Crippen LogP contribution is -2.59. The first-order valence-corrected chi connectivity index (χ1v) is 9.79. The predicted molar refractivity (Wildman–Crippen MR) is 105 cm³/mol. The lowest BCUT2D eigenvalue weighted by atomic mass is 10.0. The SMILES string of the molecule is CC1CN(C(=O)CCCCc2ccc(F)cc2)CC(C)N1CCN(C)C. The zero-order chi connectivity index (χ0) is 19.1. The molecule has 1 aromatic carbocycles. The van der Waals surface area contributed by atoms with Crippen LogP contribution in [0, 0.1) is 5.82 Å². The van der Waals surface area contributed by atoms with Gasteiger partial charge in [0.25, 0.3) is 0 Å². The molecule has 4 nitrogen and oxygen atoms in total. The molecule has 5 heteroatoms. The van der Waals surface area contributed by atoms with Crippen LogP contribution in [0.25, 0.3) is 0 Å². The Morgan fingerprint density at radius 1 is 1.12 bits per heavy atom. The molecule has 2 unspecified atom stereocenters. The Kier molecular flexibility index (Phi) is 8.04. The van der Waals surface area contributed by atoms with Gasteiger partial charge in [0, 0.05) is 44.7 Å². The summed E-state index contributed by atoms with van der Waals surface area (Å²) in [5, 5.41) is 0. The second-order valence-corrected chi connectivity index (χ2v) is 7.87. The molecular formula is C21H34FN3O. The minimum atomic E-state index is -0.197. The molecule has 0 spiro atoms. The lowest BCUT2D eigenvalue weighted by molar-refractivity contribution is -0.135. The van der Waals surface area contributed by atoms with E-state index in [1.54, 1.807) is 0 Å². The van der Waals surface area contributed by atoms with Crippen LogP contribution >= 0.6 is 0 Å². The monoisotopic (exact) mass is 363 g/mol. The minimum absolute atomic E-state index is 0.197. The van der Waals surface area contributed by atoms with Crippen LogP contribution in [-0.4, -0.2) is 73.0 Å². The number of aryl methyl sites for hydroxylation is 1. The maximum atomic E-state index is 12.9. The Balaban J connectivity index is 1.71. The molecule has 0 saturated carbocycles. The highest BCUT2D eigenvalue weighted by molar-refractivity contribution is 5.76. The number of carbonyl (C=O) groups is 1. The number of carbonyl (C=O) groups excluding carboxylic acids is 1. The maximum Gasteiger partial charge on any atom is 0.222 e. The molecular weight excluding hydrogens is 329 g/mol. The van der Waals surface area contributed by atoms with Crippen molar-refractivity contribution in [2.45, 2.75) is 51.6 Å². The number of nitrogens with zero attached hydrogens (tertiary/aromatic N) is 3. The molecule has 0 radical (unpaired) electrons. The van der Waals surface area contributed by atoms with E-state index in [9.17, 15) is 9.18 Å². The van der Waals surface area contributed by atoms with Crippen molar-refractivity contribution < 1.29 is 9.18 Å². The molecule has 1 fully saturated rings. The number of piperazine rings is 1. The van der Waals surface area contributed by atoms with Gasteiger partial charge < -0.3 is 9.80 Å². The van der Waals surface area contributed by atoms with Gasteiger partial charge >= 0.3 is 0 Å².